The Hall–Kier alpha value is -2.85. The van der Waals surface area contributed by atoms with Crippen molar-refractivity contribution in [2.45, 2.75) is 12.8 Å². The van der Waals surface area contributed by atoms with Crippen LogP contribution in [0.15, 0.2) is 67.1 Å². The van der Waals surface area contributed by atoms with Gasteiger partial charge in [0.2, 0.25) is 0 Å². The fraction of sp³-hybridized carbons (Fsp3) is 0.143. The fourth-order valence-electron chi connectivity index (χ4n) is 3.00. The van der Waals surface area contributed by atoms with Crippen LogP contribution < -0.4 is 5.32 Å². The van der Waals surface area contributed by atoms with E-state index in [9.17, 15) is 0 Å². The van der Waals surface area contributed by atoms with Crippen LogP contribution in [-0.4, -0.2) is 21.5 Å². The number of benzene rings is 1. The Kier molecular flexibility index (Phi) is 4.84. The van der Waals surface area contributed by atoms with E-state index < -0.39 is 0 Å². The third kappa shape index (κ3) is 3.86. The van der Waals surface area contributed by atoms with Crippen molar-refractivity contribution in [1.82, 2.24) is 15.0 Å². The number of halogens is 1. The molecule has 4 aromatic rings. The number of rotatable bonds is 6. The smallest absolute Gasteiger partial charge is 0.137 e. The molecule has 130 valence electrons. The molecule has 0 atom stereocenters. The molecule has 3 aromatic heterocycles. The minimum atomic E-state index is 0.768. The number of aromatic amines is 1. The van der Waals surface area contributed by atoms with E-state index in [4.69, 9.17) is 11.6 Å². The van der Waals surface area contributed by atoms with Crippen LogP contribution in [0.5, 0.6) is 0 Å². The number of pyridine rings is 2. The lowest BCUT2D eigenvalue weighted by molar-refractivity contribution is 1.00. The van der Waals surface area contributed by atoms with Gasteiger partial charge in [0.1, 0.15) is 11.5 Å². The third-order valence-electron chi connectivity index (χ3n) is 4.39. The molecule has 0 aliphatic heterocycles. The molecule has 4 rings (SSSR count). The van der Waals surface area contributed by atoms with Crippen LogP contribution in [-0.2, 0) is 12.8 Å². The molecule has 4 nitrogen and oxygen atoms in total. The Morgan fingerprint density at radius 2 is 1.81 bits per heavy atom. The Morgan fingerprint density at radius 1 is 0.962 bits per heavy atom. The highest BCUT2D eigenvalue weighted by Gasteiger charge is 2.05. The van der Waals surface area contributed by atoms with E-state index in [1.54, 1.807) is 6.20 Å². The van der Waals surface area contributed by atoms with Crippen molar-refractivity contribution >= 4 is 28.5 Å². The highest BCUT2D eigenvalue weighted by Crippen LogP contribution is 2.19. The minimum absolute atomic E-state index is 0.768. The summed E-state index contributed by atoms with van der Waals surface area (Å²) >= 11 is 5.91. The van der Waals surface area contributed by atoms with Crippen molar-refractivity contribution < 1.29 is 0 Å². The third-order valence-corrected chi connectivity index (χ3v) is 4.64. The zero-order valence-corrected chi connectivity index (χ0v) is 15.0. The lowest BCUT2D eigenvalue weighted by Crippen LogP contribution is -2.06. The molecule has 2 N–H and O–H groups in total. The van der Waals surface area contributed by atoms with Gasteiger partial charge in [-0.15, -0.1) is 0 Å². The summed E-state index contributed by atoms with van der Waals surface area (Å²) in [5.41, 5.74) is 4.60. The standard InChI is InChI=1S/C21H19ClN4/c22-18-6-3-15(4-7-18)9-11-23-20-8-5-16(13-25-20)12-17-14-26-21-19(17)2-1-10-24-21/h1-8,10,13-14H,9,11-12H2,(H,23,25)(H,24,26). The van der Waals surface area contributed by atoms with Crippen LogP contribution in [0.3, 0.4) is 0 Å². The molecular weight excluding hydrogens is 344 g/mol. The maximum Gasteiger partial charge on any atom is 0.137 e. The molecule has 0 radical (unpaired) electrons. The van der Waals surface area contributed by atoms with Crippen LogP contribution in [0.25, 0.3) is 11.0 Å². The van der Waals surface area contributed by atoms with Crippen LogP contribution in [0, 0.1) is 0 Å². The first-order valence-corrected chi connectivity index (χ1v) is 9.00. The van der Waals surface area contributed by atoms with Crippen LogP contribution >= 0.6 is 11.6 Å². The van der Waals surface area contributed by atoms with Crippen molar-refractivity contribution in [3.8, 4) is 0 Å². The molecule has 0 unspecified atom stereocenters. The van der Waals surface area contributed by atoms with Crippen LogP contribution in [0.1, 0.15) is 16.7 Å². The largest absolute Gasteiger partial charge is 0.370 e. The second kappa shape index (κ2) is 7.58. The summed E-state index contributed by atoms with van der Waals surface area (Å²) < 4.78 is 0. The van der Waals surface area contributed by atoms with Crippen molar-refractivity contribution in [3.63, 3.8) is 0 Å². The summed E-state index contributed by atoms with van der Waals surface area (Å²) in [5, 5.41) is 5.30. The lowest BCUT2D eigenvalue weighted by atomic mass is 10.1. The van der Waals surface area contributed by atoms with Gasteiger partial charge in [0, 0.05) is 42.0 Å². The van der Waals surface area contributed by atoms with Gasteiger partial charge in [-0.3, -0.25) is 0 Å². The topological polar surface area (TPSA) is 53.6 Å². The van der Waals surface area contributed by atoms with Gasteiger partial charge in [0.05, 0.1) is 0 Å². The molecule has 0 aliphatic carbocycles. The van der Waals surface area contributed by atoms with E-state index >= 15 is 0 Å². The molecule has 0 bridgehead atoms. The summed E-state index contributed by atoms with van der Waals surface area (Å²) in [5.74, 6) is 0.892. The lowest BCUT2D eigenvalue weighted by Gasteiger charge is -2.07. The maximum atomic E-state index is 5.91. The first kappa shape index (κ1) is 16.6. The molecule has 0 spiro atoms. The van der Waals surface area contributed by atoms with Crippen molar-refractivity contribution in [3.05, 3.63) is 88.8 Å². The monoisotopic (exact) mass is 362 g/mol. The molecular formula is C21H19ClN4. The zero-order chi connectivity index (χ0) is 17.8. The summed E-state index contributed by atoms with van der Waals surface area (Å²) in [6.07, 6.45) is 7.52. The highest BCUT2D eigenvalue weighted by atomic mass is 35.5. The molecule has 1 aromatic carbocycles. The Bertz CT molecular complexity index is 991. The number of anilines is 1. The van der Waals surface area contributed by atoms with E-state index in [1.165, 1.54) is 16.7 Å². The molecule has 0 amide bonds. The van der Waals surface area contributed by atoms with Gasteiger partial charge in [-0.2, -0.15) is 0 Å². The first-order valence-electron chi connectivity index (χ1n) is 8.62. The second-order valence-electron chi connectivity index (χ2n) is 6.25. The molecule has 0 aliphatic rings. The van der Waals surface area contributed by atoms with Crippen LogP contribution in [0.4, 0.5) is 5.82 Å². The first-order chi connectivity index (χ1) is 12.8. The van der Waals surface area contributed by atoms with E-state index in [0.717, 1.165) is 41.3 Å². The normalized spacial score (nSPS) is 11.0. The number of hydrogen-bond acceptors (Lipinski definition) is 3. The number of nitrogens with one attached hydrogen (secondary N) is 2. The summed E-state index contributed by atoms with van der Waals surface area (Å²) in [4.78, 5) is 12.1. The predicted octanol–water partition coefficient (Wildman–Crippen LogP) is 4.86. The van der Waals surface area contributed by atoms with Crippen LogP contribution in [0.2, 0.25) is 5.02 Å². The minimum Gasteiger partial charge on any atom is -0.370 e. The Morgan fingerprint density at radius 3 is 2.62 bits per heavy atom. The van der Waals surface area contributed by atoms with E-state index in [-0.39, 0.29) is 0 Å². The average molecular weight is 363 g/mol. The van der Waals surface area contributed by atoms with Gasteiger partial charge in [-0.25, -0.2) is 9.97 Å². The highest BCUT2D eigenvalue weighted by molar-refractivity contribution is 6.30. The van der Waals surface area contributed by atoms with E-state index in [0.29, 0.717) is 0 Å². The molecule has 26 heavy (non-hydrogen) atoms. The number of hydrogen-bond donors (Lipinski definition) is 2. The van der Waals surface area contributed by atoms with E-state index in [2.05, 4.69) is 44.5 Å². The van der Waals surface area contributed by atoms with Gasteiger partial charge >= 0.3 is 0 Å². The quantitative estimate of drug-likeness (QED) is 0.515. The molecule has 5 heteroatoms. The molecule has 0 saturated carbocycles. The zero-order valence-electron chi connectivity index (χ0n) is 14.2. The van der Waals surface area contributed by atoms with Crippen molar-refractivity contribution in [2.75, 3.05) is 11.9 Å². The fourth-order valence-corrected chi connectivity index (χ4v) is 3.12. The van der Waals surface area contributed by atoms with E-state index in [1.807, 2.05) is 36.7 Å². The Balaban J connectivity index is 1.35. The number of aromatic nitrogens is 3. The average Bonchev–Trinajstić information content (AvgIpc) is 3.08. The number of nitrogens with zero attached hydrogens (tertiary/aromatic N) is 2. The van der Waals surface area contributed by atoms with Gasteiger partial charge < -0.3 is 10.3 Å². The van der Waals surface area contributed by atoms with Gasteiger partial charge in [0.15, 0.2) is 0 Å². The summed E-state index contributed by atoms with van der Waals surface area (Å²) in [6.45, 7) is 0.835. The number of fused-ring (bicyclic) bond motifs is 1. The van der Waals surface area contributed by atoms with Gasteiger partial charge in [0.25, 0.3) is 0 Å². The summed E-state index contributed by atoms with van der Waals surface area (Å²) in [7, 11) is 0. The predicted molar refractivity (Wildman–Crippen MR) is 107 cm³/mol. The SMILES string of the molecule is Clc1ccc(CCNc2ccc(Cc3c[nH]c4ncccc34)cn2)cc1. The van der Waals surface area contributed by atoms with Gasteiger partial charge in [-0.1, -0.05) is 29.8 Å². The Labute approximate surface area is 157 Å². The summed E-state index contributed by atoms with van der Waals surface area (Å²) in [6, 6.07) is 16.2. The number of H-pyrrole nitrogens is 1. The molecule has 0 saturated heterocycles. The van der Waals surface area contributed by atoms with Crippen molar-refractivity contribution in [2.24, 2.45) is 0 Å². The molecule has 3 heterocycles. The second-order valence-corrected chi connectivity index (χ2v) is 6.68. The molecule has 0 fully saturated rings. The van der Waals surface area contributed by atoms with Gasteiger partial charge in [-0.05, 0) is 53.4 Å². The maximum absolute atomic E-state index is 5.91. The van der Waals surface area contributed by atoms with Crippen molar-refractivity contribution in [1.29, 1.82) is 0 Å².